The summed E-state index contributed by atoms with van der Waals surface area (Å²) in [6.45, 7) is 4.33. The van der Waals surface area contributed by atoms with Crippen LogP contribution in [0.4, 0.5) is 0 Å². The van der Waals surface area contributed by atoms with E-state index >= 15 is 0 Å². The fraction of sp³-hybridized carbons (Fsp3) is 0.625. The van der Waals surface area contributed by atoms with Crippen LogP contribution in [0.25, 0.3) is 0 Å². The fourth-order valence-electron chi connectivity index (χ4n) is 1.12. The predicted octanol–water partition coefficient (Wildman–Crippen LogP) is 3.50. The first kappa shape index (κ1) is 10.3. The van der Waals surface area contributed by atoms with Crippen molar-refractivity contribution in [2.24, 2.45) is 0 Å². The average Bonchev–Trinajstić information content (AvgIpc) is 2.33. The fourth-order valence-corrected chi connectivity index (χ4v) is 1.65. The van der Waals surface area contributed by atoms with Gasteiger partial charge in [0.25, 0.3) is 0 Å². The Morgan fingerprint density at radius 1 is 1.75 bits per heavy atom. The lowest BCUT2D eigenvalue weighted by atomic mass is 10.2. The van der Waals surface area contributed by atoms with E-state index in [4.69, 9.17) is 11.6 Å². The van der Waals surface area contributed by atoms with Crippen LogP contribution in [0.5, 0.6) is 0 Å². The van der Waals surface area contributed by atoms with Crippen LogP contribution in [0.15, 0.2) is 6.20 Å². The standard InChI is InChI=1S/C8H12ClIN2/c1-3-4-6(2)12-5-7(9)8(10)11-12/h5-6H,3-4H2,1-2H3. The lowest BCUT2D eigenvalue weighted by Gasteiger charge is -2.09. The normalized spacial score (nSPS) is 13.3. The van der Waals surface area contributed by atoms with Gasteiger partial charge in [-0.25, -0.2) is 0 Å². The highest BCUT2D eigenvalue weighted by Crippen LogP contribution is 2.20. The van der Waals surface area contributed by atoms with E-state index in [0.29, 0.717) is 6.04 Å². The zero-order valence-electron chi connectivity index (χ0n) is 7.22. The van der Waals surface area contributed by atoms with E-state index in [0.717, 1.165) is 15.1 Å². The molecular formula is C8H12ClIN2. The third-order valence-electron chi connectivity index (χ3n) is 1.80. The molecule has 0 fully saturated rings. The van der Waals surface area contributed by atoms with Gasteiger partial charge in [-0.1, -0.05) is 24.9 Å². The van der Waals surface area contributed by atoms with E-state index < -0.39 is 0 Å². The molecule has 1 heterocycles. The topological polar surface area (TPSA) is 17.8 Å². The molecule has 0 aliphatic carbocycles. The number of halogens is 2. The summed E-state index contributed by atoms with van der Waals surface area (Å²) in [5.74, 6) is 0. The largest absolute Gasteiger partial charge is 0.267 e. The zero-order valence-corrected chi connectivity index (χ0v) is 10.1. The first-order valence-electron chi connectivity index (χ1n) is 4.05. The van der Waals surface area contributed by atoms with E-state index in [1.165, 1.54) is 6.42 Å². The summed E-state index contributed by atoms with van der Waals surface area (Å²) in [6, 6.07) is 0.455. The molecule has 0 saturated heterocycles. The molecule has 0 saturated carbocycles. The van der Waals surface area contributed by atoms with Crippen LogP contribution in [0.2, 0.25) is 5.02 Å². The second-order valence-corrected chi connectivity index (χ2v) is 4.31. The van der Waals surface area contributed by atoms with Crippen molar-refractivity contribution in [3.05, 3.63) is 14.9 Å². The van der Waals surface area contributed by atoms with Crippen molar-refractivity contribution >= 4 is 34.2 Å². The Morgan fingerprint density at radius 2 is 2.42 bits per heavy atom. The quantitative estimate of drug-likeness (QED) is 0.781. The van der Waals surface area contributed by atoms with Crippen molar-refractivity contribution in [2.45, 2.75) is 32.7 Å². The summed E-state index contributed by atoms with van der Waals surface area (Å²) in [7, 11) is 0. The number of rotatable bonds is 3. The SMILES string of the molecule is CCCC(C)n1cc(Cl)c(I)n1. The molecule has 0 aliphatic heterocycles. The van der Waals surface area contributed by atoms with Crippen molar-refractivity contribution in [3.8, 4) is 0 Å². The van der Waals surface area contributed by atoms with E-state index in [2.05, 4.69) is 41.5 Å². The van der Waals surface area contributed by atoms with Crippen LogP contribution < -0.4 is 0 Å². The van der Waals surface area contributed by atoms with E-state index in [1.54, 1.807) is 0 Å². The van der Waals surface area contributed by atoms with Gasteiger partial charge < -0.3 is 0 Å². The molecule has 0 amide bonds. The maximum absolute atomic E-state index is 5.88. The molecule has 2 nitrogen and oxygen atoms in total. The summed E-state index contributed by atoms with van der Waals surface area (Å²) < 4.78 is 2.82. The van der Waals surface area contributed by atoms with Crippen molar-refractivity contribution in [1.82, 2.24) is 9.78 Å². The second-order valence-electron chi connectivity index (χ2n) is 2.89. The van der Waals surface area contributed by atoms with Gasteiger partial charge in [0.15, 0.2) is 0 Å². The Hall–Kier alpha value is 0.230. The minimum Gasteiger partial charge on any atom is -0.267 e. The van der Waals surface area contributed by atoms with Crippen molar-refractivity contribution in [3.63, 3.8) is 0 Å². The van der Waals surface area contributed by atoms with Gasteiger partial charge in [-0.2, -0.15) is 5.10 Å². The highest BCUT2D eigenvalue weighted by atomic mass is 127. The highest BCUT2D eigenvalue weighted by molar-refractivity contribution is 14.1. The van der Waals surface area contributed by atoms with Crippen molar-refractivity contribution in [2.75, 3.05) is 0 Å². The van der Waals surface area contributed by atoms with Crippen LogP contribution in [-0.2, 0) is 0 Å². The highest BCUT2D eigenvalue weighted by Gasteiger charge is 2.08. The van der Waals surface area contributed by atoms with Crippen LogP contribution in [-0.4, -0.2) is 9.78 Å². The molecule has 1 rings (SSSR count). The van der Waals surface area contributed by atoms with E-state index in [1.807, 2.05) is 10.9 Å². The predicted molar refractivity (Wildman–Crippen MR) is 59.6 cm³/mol. The Labute approximate surface area is 91.4 Å². The van der Waals surface area contributed by atoms with Crippen LogP contribution in [0.3, 0.4) is 0 Å². The molecule has 1 aromatic rings. The average molecular weight is 299 g/mol. The van der Waals surface area contributed by atoms with Crippen LogP contribution in [0, 0.1) is 3.70 Å². The van der Waals surface area contributed by atoms with Gasteiger partial charge in [0.2, 0.25) is 0 Å². The first-order chi connectivity index (χ1) is 5.65. The van der Waals surface area contributed by atoms with Gasteiger partial charge in [0, 0.05) is 12.2 Å². The summed E-state index contributed by atoms with van der Waals surface area (Å²) in [5.41, 5.74) is 0. The third kappa shape index (κ3) is 2.36. The minimum atomic E-state index is 0.455. The molecule has 1 atom stereocenters. The molecule has 0 aliphatic rings. The maximum atomic E-state index is 5.88. The molecule has 1 aromatic heterocycles. The summed E-state index contributed by atoms with van der Waals surface area (Å²) >= 11 is 8.03. The van der Waals surface area contributed by atoms with Gasteiger partial charge in [0.05, 0.1) is 5.02 Å². The van der Waals surface area contributed by atoms with Gasteiger partial charge in [-0.3, -0.25) is 4.68 Å². The number of hydrogen-bond acceptors (Lipinski definition) is 1. The molecule has 12 heavy (non-hydrogen) atoms. The number of nitrogens with zero attached hydrogens (tertiary/aromatic N) is 2. The Balaban J connectivity index is 2.74. The number of hydrogen-bond donors (Lipinski definition) is 0. The molecule has 68 valence electrons. The molecule has 0 radical (unpaired) electrons. The first-order valence-corrected chi connectivity index (χ1v) is 5.51. The van der Waals surface area contributed by atoms with Crippen molar-refractivity contribution in [1.29, 1.82) is 0 Å². The van der Waals surface area contributed by atoms with Gasteiger partial charge in [0.1, 0.15) is 3.70 Å². The monoisotopic (exact) mass is 298 g/mol. The Kier molecular flexibility index (Phi) is 3.83. The molecular weight excluding hydrogens is 286 g/mol. The summed E-state index contributed by atoms with van der Waals surface area (Å²) in [5, 5.41) is 5.05. The molecule has 0 N–H and O–H groups in total. The van der Waals surface area contributed by atoms with E-state index in [9.17, 15) is 0 Å². The van der Waals surface area contributed by atoms with Crippen LogP contribution >= 0.6 is 34.2 Å². The number of aromatic nitrogens is 2. The lowest BCUT2D eigenvalue weighted by molar-refractivity contribution is 0.453. The summed E-state index contributed by atoms with van der Waals surface area (Å²) in [4.78, 5) is 0. The molecule has 0 bridgehead atoms. The van der Waals surface area contributed by atoms with Crippen LogP contribution in [0.1, 0.15) is 32.7 Å². The molecule has 1 unspecified atom stereocenters. The molecule has 4 heteroatoms. The molecule has 0 spiro atoms. The smallest absolute Gasteiger partial charge is 0.141 e. The lowest BCUT2D eigenvalue weighted by Crippen LogP contribution is -2.05. The van der Waals surface area contributed by atoms with Crippen molar-refractivity contribution < 1.29 is 0 Å². The van der Waals surface area contributed by atoms with Gasteiger partial charge in [-0.15, -0.1) is 0 Å². The molecule has 0 aromatic carbocycles. The zero-order chi connectivity index (χ0) is 9.14. The Morgan fingerprint density at radius 3 is 2.83 bits per heavy atom. The van der Waals surface area contributed by atoms with E-state index in [-0.39, 0.29) is 0 Å². The Bertz CT molecular complexity index is 240. The minimum absolute atomic E-state index is 0.455. The maximum Gasteiger partial charge on any atom is 0.141 e. The second kappa shape index (κ2) is 4.46. The summed E-state index contributed by atoms with van der Waals surface area (Å²) in [6.07, 6.45) is 4.22. The van der Waals surface area contributed by atoms with Gasteiger partial charge >= 0.3 is 0 Å². The third-order valence-corrected chi connectivity index (χ3v) is 3.20. The van der Waals surface area contributed by atoms with Gasteiger partial charge in [-0.05, 0) is 35.9 Å².